The van der Waals surface area contributed by atoms with Gasteiger partial charge in [0, 0.05) is 12.1 Å². The van der Waals surface area contributed by atoms with Crippen LogP contribution < -0.4 is 10.1 Å². The Morgan fingerprint density at radius 2 is 2.14 bits per heavy atom. The van der Waals surface area contributed by atoms with Crippen molar-refractivity contribution in [2.24, 2.45) is 0 Å². The van der Waals surface area contributed by atoms with Gasteiger partial charge < -0.3 is 10.1 Å². The van der Waals surface area contributed by atoms with Gasteiger partial charge in [-0.2, -0.15) is 0 Å². The molecular weight excluding hydrogens is 296 g/mol. The number of hydrogen-bond acceptors (Lipinski definition) is 4. The molecule has 2 rings (SSSR count). The zero-order valence-electron chi connectivity index (χ0n) is 11.7. The molecule has 2 unspecified atom stereocenters. The summed E-state index contributed by atoms with van der Waals surface area (Å²) >= 11 is 6.22. The summed E-state index contributed by atoms with van der Waals surface area (Å²) in [6.07, 6.45) is 3.83. The second kappa shape index (κ2) is 6.76. The summed E-state index contributed by atoms with van der Waals surface area (Å²) in [6.45, 7) is 0. The fraction of sp³-hybridized carbons (Fsp3) is 0.500. The molecule has 1 aromatic carbocycles. The second-order valence-corrected chi connectivity index (χ2v) is 5.58. The van der Waals surface area contributed by atoms with Gasteiger partial charge in [-0.05, 0) is 18.9 Å². The highest BCUT2D eigenvalue weighted by molar-refractivity contribution is 6.21. The van der Waals surface area contributed by atoms with E-state index < -0.39 is 4.92 Å². The van der Waals surface area contributed by atoms with E-state index >= 15 is 0 Å². The highest BCUT2D eigenvalue weighted by Gasteiger charge is 2.26. The Hall–Kier alpha value is -1.82. The molecule has 1 aromatic rings. The largest absolute Gasteiger partial charge is 0.496 e. The standard InChI is InChI=1S/C14H17ClN2O4/c1-21-13-8-9(17(19)20)6-7-10(13)14(18)16-12-5-3-2-4-11(12)15/h6-8,11-12H,2-5H2,1H3,(H,16,18). The lowest BCUT2D eigenvalue weighted by Crippen LogP contribution is -2.42. The Labute approximate surface area is 127 Å². The molecule has 1 aliphatic carbocycles. The molecule has 0 bridgehead atoms. The highest BCUT2D eigenvalue weighted by Crippen LogP contribution is 2.27. The van der Waals surface area contributed by atoms with Crippen LogP contribution in [0.4, 0.5) is 5.69 Å². The zero-order valence-corrected chi connectivity index (χ0v) is 12.4. The smallest absolute Gasteiger partial charge is 0.273 e. The average Bonchev–Trinajstić information content (AvgIpc) is 2.48. The lowest BCUT2D eigenvalue weighted by molar-refractivity contribution is -0.384. The lowest BCUT2D eigenvalue weighted by atomic mass is 9.94. The van der Waals surface area contributed by atoms with Gasteiger partial charge >= 0.3 is 0 Å². The fourth-order valence-corrected chi connectivity index (χ4v) is 2.82. The van der Waals surface area contributed by atoms with Crippen molar-refractivity contribution < 1.29 is 14.5 Å². The first kappa shape index (κ1) is 15.6. The van der Waals surface area contributed by atoms with Crippen LogP contribution in [0, 0.1) is 10.1 Å². The molecule has 0 aliphatic heterocycles. The predicted octanol–water partition coefficient (Wildman–Crippen LogP) is 2.88. The van der Waals surface area contributed by atoms with Crippen molar-refractivity contribution in [2.75, 3.05) is 7.11 Å². The molecule has 0 saturated heterocycles. The van der Waals surface area contributed by atoms with Crippen LogP contribution in [0.15, 0.2) is 18.2 Å². The van der Waals surface area contributed by atoms with Crippen LogP contribution >= 0.6 is 11.6 Å². The van der Waals surface area contributed by atoms with Crippen molar-refractivity contribution in [3.8, 4) is 5.75 Å². The van der Waals surface area contributed by atoms with Gasteiger partial charge in [0.05, 0.1) is 29.0 Å². The van der Waals surface area contributed by atoms with Gasteiger partial charge in [-0.15, -0.1) is 11.6 Å². The number of nitrogens with one attached hydrogen (secondary N) is 1. The number of methoxy groups -OCH3 is 1. The van der Waals surface area contributed by atoms with Crippen LogP contribution in [0.1, 0.15) is 36.0 Å². The molecule has 0 spiro atoms. The van der Waals surface area contributed by atoms with Crippen LogP contribution in [0.3, 0.4) is 0 Å². The van der Waals surface area contributed by atoms with Gasteiger partial charge in [0.25, 0.3) is 11.6 Å². The van der Waals surface area contributed by atoms with Crippen molar-refractivity contribution in [1.82, 2.24) is 5.32 Å². The van der Waals surface area contributed by atoms with Crippen LogP contribution in [0.25, 0.3) is 0 Å². The molecule has 1 amide bonds. The predicted molar refractivity (Wildman–Crippen MR) is 79.0 cm³/mol. The lowest BCUT2D eigenvalue weighted by Gasteiger charge is -2.28. The van der Waals surface area contributed by atoms with Crippen molar-refractivity contribution in [1.29, 1.82) is 0 Å². The summed E-state index contributed by atoms with van der Waals surface area (Å²) < 4.78 is 5.08. The van der Waals surface area contributed by atoms with Crippen LogP contribution in [-0.2, 0) is 0 Å². The van der Waals surface area contributed by atoms with Crippen LogP contribution in [-0.4, -0.2) is 29.4 Å². The quantitative estimate of drug-likeness (QED) is 0.526. The van der Waals surface area contributed by atoms with E-state index in [1.807, 2.05) is 0 Å². The monoisotopic (exact) mass is 312 g/mol. The summed E-state index contributed by atoms with van der Waals surface area (Å²) in [5.41, 5.74) is 0.161. The first-order valence-electron chi connectivity index (χ1n) is 6.80. The van der Waals surface area contributed by atoms with Gasteiger partial charge in [0.2, 0.25) is 0 Å². The Morgan fingerprint density at radius 3 is 2.76 bits per heavy atom. The molecule has 1 saturated carbocycles. The van der Waals surface area contributed by atoms with Crippen LogP contribution in [0.2, 0.25) is 0 Å². The van der Waals surface area contributed by atoms with E-state index in [2.05, 4.69) is 5.32 Å². The van der Waals surface area contributed by atoms with Crippen molar-refractivity contribution in [3.63, 3.8) is 0 Å². The Balaban J connectivity index is 2.16. The third-order valence-electron chi connectivity index (χ3n) is 3.64. The first-order chi connectivity index (χ1) is 10.0. The van der Waals surface area contributed by atoms with Gasteiger partial charge in [-0.1, -0.05) is 12.8 Å². The molecular formula is C14H17ClN2O4. The molecule has 0 heterocycles. The van der Waals surface area contributed by atoms with Crippen LogP contribution in [0.5, 0.6) is 5.75 Å². The van der Waals surface area contributed by atoms with E-state index in [1.54, 1.807) is 0 Å². The molecule has 0 aromatic heterocycles. The van der Waals surface area contributed by atoms with E-state index in [9.17, 15) is 14.9 Å². The minimum absolute atomic E-state index is 0.0761. The molecule has 7 heteroatoms. The number of hydrogen-bond donors (Lipinski definition) is 1. The minimum Gasteiger partial charge on any atom is -0.496 e. The van der Waals surface area contributed by atoms with Crippen molar-refractivity contribution >= 4 is 23.2 Å². The number of nitro benzene ring substituents is 1. The molecule has 114 valence electrons. The van der Waals surface area contributed by atoms with E-state index in [4.69, 9.17) is 16.3 Å². The molecule has 21 heavy (non-hydrogen) atoms. The molecule has 1 fully saturated rings. The average molecular weight is 313 g/mol. The number of non-ortho nitro benzene ring substituents is 1. The van der Waals surface area contributed by atoms with E-state index in [-0.39, 0.29) is 34.3 Å². The summed E-state index contributed by atoms with van der Waals surface area (Å²) in [5.74, 6) is -0.136. The fourth-order valence-electron chi connectivity index (χ4n) is 2.48. The third kappa shape index (κ3) is 3.64. The van der Waals surface area contributed by atoms with Crippen molar-refractivity contribution in [3.05, 3.63) is 33.9 Å². The van der Waals surface area contributed by atoms with E-state index in [0.717, 1.165) is 25.7 Å². The maximum absolute atomic E-state index is 12.3. The number of nitrogens with zero attached hydrogens (tertiary/aromatic N) is 1. The summed E-state index contributed by atoms with van der Waals surface area (Å²) in [6, 6.07) is 3.86. The number of carbonyl (C=O) groups excluding carboxylic acids is 1. The van der Waals surface area contributed by atoms with Gasteiger partial charge in [-0.25, -0.2) is 0 Å². The topological polar surface area (TPSA) is 81.5 Å². The maximum Gasteiger partial charge on any atom is 0.273 e. The second-order valence-electron chi connectivity index (χ2n) is 5.02. The molecule has 1 N–H and O–H groups in total. The summed E-state index contributed by atoms with van der Waals surface area (Å²) in [5, 5.41) is 13.6. The summed E-state index contributed by atoms with van der Waals surface area (Å²) in [7, 11) is 1.38. The first-order valence-corrected chi connectivity index (χ1v) is 7.24. The van der Waals surface area contributed by atoms with Gasteiger partial charge in [-0.3, -0.25) is 14.9 Å². The maximum atomic E-state index is 12.3. The number of amides is 1. The number of carbonyl (C=O) groups is 1. The number of halogens is 1. The number of benzene rings is 1. The van der Waals surface area contributed by atoms with Crippen molar-refractivity contribution in [2.45, 2.75) is 37.1 Å². The number of ether oxygens (including phenoxy) is 1. The number of rotatable bonds is 4. The number of alkyl halides is 1. The molecule has 1 aliphatic rings. The zero-order chi connectivity index (χ0) is 15.4. The number of nitro groups is 1. The minimum atomic E-state index is -0.528. The molecule has 2 atom stereocenters. The SMILES string of the molecule is COc1cc([N+](=O)[O-])ccc1C(=O)NC1CCCCC1Cl. The van der Waals surface area contributed by atoms with E-state index in [0.29, 0.717) is 0 Å². The Bertz CT molecular complexity index is 550. The van der Waals surface area contributed by atoms with Gasteiger partial charge in [0.1, 0.15) is 5.75 Å². The normalized spacial score (nSPS) is 21.6. The summed E-state index contributed by atoms with van der Waals surface area (Å²) in [4.78, 5) is 22.5. The Kier molecular flexibility index (Phi) is 5.01. The molecule has 0 radical (unpaired) electrons. The Morgan fingerprint density at radius 1 is 1.43 bits per heavy atom. The van der Waals surface area contributed by atoms with E-state index in [1.165, 1.54) is 25.3 Å². The third-order valence-corrected chi connectivity index (χ3v) is 4.16. The molecule has 6 nitrogen and oxygen atoms in total. The van der Waals surface area contributed by atoms with Gasteiger partial charge in [0.15, 0.2) is 0 Å². The highest BCUT2D eigenvalue weighted by atomic mass is 35.5.